The minimum Gasteiger partial charge on any atom is -0.389 e. The van der Waals surface area contributed by atoms with Crippen LogP contribution >= 0.6 is 12.6 Å². The van der Waals surface area contributed by atoms with E-state index < -0.39 is 29.3 Å². The van der Waals surface area contributed by atoms with Crippen LogP contribution in [0.4, 0.5) is 5.82 Å². The number of nitrogen functional groups attached to an aromatic ring is 1. The highest BCUT2D eigenvalue weighted by Crippen LogP contribution is 2.38. The number of rotatable bonds is 2. The molecule has 0 saturated carbocycles. The Bertz CT molecular complexity index is 670. The van der Waals surface area contributed by atoms with E-state index in [1.165, 1.54) is 12.7 Å². The second-order valence-corrected chi connectivity index (χ2v) is 6.26. The number of anilines is 1. The van der Waals surface area contributed by atoms with Crippen LogP contribution < -0.4 is 5.73 Å². The summed E-state index contributed by atoms with van der Waals surface area (Å²) in [4.78, 5) is 12.2. The van der Waals surface area contributed by atoms with Crippen molar-refractivity contribution in [2.45, 2.75) is 43.1 Å². The summed E-state index contributed by atoms with van der Waals surface area (Å²) in [7, 11) is 0. The molecule has 4 atom stereocenters. The molecular formula is C12H17N5O3S. The maximum absolute atomic E-state index is 10.2. The summed E-state index contributed by atoms with van der Waals surface area (Å²) < 4.78 is 7.43. The Kier molecular flexibility index (Phi) is 3.32. The van der Waals surface area contributed by atoms with E-state index in [9.17, 15) is 10.2 Å². The monoisotopic (exact) mass is 311 g/mol. The lowest BCUT2D eigenvalue weighted by Crippen LogP contribution is -2.44. The molecule has 4 N–H and O–H groups in total. The summed E-state index contributed by atoms with van der Waals surface area (Å²) in [6.07, 6.45) is 0.557. The fourth-order valence-electron chi connectivity index (χ4n) is 2.53. The van der Waals surface area contributed by atoms with E-state index in [0.717, 1.165) is 0 Å². The zero-order valence-corrected chi connectivity index (χ0v) is 12.5. The van der Waals surface area contributed by atoms with Gasteiger partial charge in [0.2, 0.25) is 0 Å². The van der Waals surface area contributed by atoms with E-state index >= 15 is 0 Å². The van der Waals surface area contributed by atoms with E-state index in [-0.39, 0.29) is 5.82 Å². The third-order valence-corrected chi connectivity index (χ3v) is 4.16. The number of imidazole rings is 1. The SMILES string of the molecule is CC(C)(O)[C@H]1O[C@@H](n2cnc3c(N)ncnc32)[C@H](S)[C@@H]1O. The van der Waals surface area contributed by atoms with Gasteiger partial charge in [-0.2, -0.15) is 12.6 Å². The molecule has 9 heteroatoms. The van der Waals surface area contributed by atoms with Crippen molar-refractivity contribution < 1.29 is 14.9 Å². The molecule has 0 spiro atoms. The van der Waals surface area contributed by atoms with Crippen molar-refractivity contribution >= 4 is 29.6 Å². The van der Waals surface area contributed by atoms with Crippen molar-refractivity contribution in [3.8, 4) is 0 Å². The van der Waals surface area contributed by atoms with Crippen molar-refractivity contribution in [1.29, 1.82) is 0 Å². The van der Waals surface area contributed by atoms with Gasteiger partial charge in [-0.3, -0.25) is 4.57 Å². The van der Waals surface area contributed by atoms with Gasteiger partial charge in [-0.25, -0.2) is 15.0 Å². The number of nitrogens with zero attached hydrogens (tertiary/aromatic N) is 4. The van der Waals surface area contributed by atoms with Crippen molar-refractivity contribution in [3.05, 3.63) is 12.7 Å². The molecule has 21 heavy (non-hydrogen) atoms. The van der Waals surface area contributed by atoms with Crippen LogP contribution in [-0.4, -0.2) is 52.8 Å². The third kappa shape index (κ3) is 2.26. The predicted octanol–water partition coefficient (Wildman–Crippen LogP) is -0.264. The van der Waals surface area contributed by atoms with Crippen LogP contribution in [0.1, 0.15) is 20.1 Å². The highest BCUT2D eigenvalue weighted by Gasteiger charge is 2.49. The van der Waals surface area contributed by atoms with Gasteiger partial charge in [-0.15, -0.1) is 0 Å². The van der Waals surface area contributed by atoms with Crippen LogP contribution in [0.25, 0.3) is 11.2 Å². The summed E-state index contributed by atoms with van der Waals surface area (Å²) >= 11 is 4.40. The first-order valence-corrected chi connectivity index (χ1v) is 6.99. The van der Waals surface area contributed by atoms with Crippen LogP contribution in [0.2, 0.25) is 0 Å². The van der Waals surface area contributed by atoms with Crippen molar-refractivity contribution in [1.82, 2.24) is 19.5 Å². The molecule has 0 bridgehead atoms. The van der Waals surface area contributed by atoms with Crippen molar-refractivity contribution in [2.24, 2.45) is 0 Å². The fraction of sp³-hybridized carbons (Fsp3) is 0.583. The molecule has 1 fully saturated rings. The molecule has 114 valence electrons. The van der Waals surface area contributed by atoms with Crippen LogP contribution in [0.5, 0.6) is 0 Å². The molecule has 1 aliphatic rings. The maximum atomic E-state index is 10.2. The van der Waals surface area contributed by atoms with Gasteiger partial charge >= 0.3 is 0 Å². The van der Waals surface area contributed by atoms with Crippen LogP contribution in [0, 0.1) is 0 Å². The summed E-state index contributed by atoms with van der Waals surface area (Å²) in [5.74, 6) is 0.270. The average Bonchev–Trinajstić information content (AvgIpc) is 2.93. The Morgan fingerprint density at radius 1 is 1.38 bits per heavy atom. The van der Waals surface area contributed by atoms with Gasteiger partial charge in [0.25, 0.3) is 0 Å². The number of ether oxygens (including phenoxy) is 1. The first-order valence-electron chi connectivity index (χ1n) is 6.47. The third-order valence-electron chi connectivity index (χ3n) is 3.60. The number of nitrogens with two attached hydrogens (primary N) is 1. The number of thiol groups is 1. The lowest BCUT2D eigenvalue weighted by Gasteiger charge is -2.27. The molecule has 1 saturated heterocycles. The molecule has 3 heterocycles. The molecule has 1 aliphatic heterocycles. The molecule has 3 rings (SSSR count). The van der Waals surface area contributed by atoms with E-state index in [2.05, 4.69) is 27.6 Å². The van der Waals surface area contributed by atoms with Crippen LogP contribution in [0.15, 0.2) is 12.7 Å². The first-order chi connectivity index (χ1) is 9.80. The van der Waals surface area contributed by atoms with Gasteiger partial charge < -0.3 is 20.7 Å². The lowest BCUT2D eigenvalue weighted by atomic mass is 9.97. The summed E-state index contributed by atoms with van der Waals surface area (Å²) in [6, 6.07) is 0. The zero-order valence-electron chi connectivity index (χ0n) is 11.6. The van der Waals surface area contributed by atoms with Gasteiger partial charge in [0, 0.05) is 0 Å². The molecule has 8 nitrogen and oxygen atoms in total. The topological polar surface area (TPSA) is 119 Å². The zero-order chi connectivity index (χ0) is 15.4. The van der Waals surface area contributed by atoms with Gasteiger partial charge in [-0.1, -0.05) is 0 Å². The number of aromatic nitrogens is 4. The quantitative estimate of drug-likeness (QED) is 0.564. The highest BCUT2D eigenvalue weighted by molar-refractivity contribution is 7.81. The Balaban J connectivity index is 2.02. The van der Waals surface area contributed by atoms with Crippen molar-refractivity contribution in [3.63, 3.8) is 0 Å². The smallest absolute Gasteiger partial charge is 0.167 e. The van der Waals surface area contributed by atoms with Gasteiger partial charge in [0.15, 0.2) is 17.7 Å². The standard InChI is InChI=1S/C12H17N5O3S/c1-12(2,19)8-6(18)7(21)11(20-8)17-4-16-5-9(13)14-3-15-10(5)17/h3-4,6-8,11,18-19,21H,1-2H3,(H2,13,14,15)/t6-,7+,8-,11+/m0/s1. The Hall–Kier alpha value is -1.42. The van der Waals surface area contributed by atoms with Crippen LogP contribution in [0.3, 0.4) is 0 Å². The number of aliphatic hydroxyl groups excluding tert-OH is 1. The van der Waals surface area contributed by atoms with Crippen LogP contribution in [-0.2, 0) is 4.74 Å². The van der Waals surface area contributed by atoms with Gasteiger partial charge in [0.1, 0.15) is 17.9 Å². The largest absolute Gasteiger partial charge is 0.389 e. The molecule has 0 radical (unpaired) electrons. The molecular weight excluding hydrogens is 294 g/mol. The van der Waals surface area contributed by atoms with Gasteiger partial charge in [0.05, 0.1) is 23.3 Å². The predicted molar refractivity (Wildman–Crippen MR) is 78.7 cm³/mol. The first kappa shape index (κ1) is 14.5. The normalized spacial score (nSPS) is 30.1. The van der Waals surface area contributed by atoms with E-state index in [0.29, 0.717) is 11.2 Å². The second-order valence-electron chi connectivity index (χ2n) is 5.67. The molecule has 2 aromatic rings. The van der Waals surface area contributed by atoms with E-state index in [1.807, 2.05) is 0 Å². The molecule has 0 unspecified atom stereocenters. The van der Waals surface area contributed by atoms with E-state index in [1.54, 1.807) is 18.4 Å². The molecule has 0 aromatic carbocycles. The average molecular weight is 311 g/mol. The summed E-state index contributed by atoms with van der Waals surface area (Å²) in [6.45, 7) is 3.16. The van der Waals surface area contributed by atoms with Gasteiger partial charge in [-0.05, 0) is 13.8 Å². The molecule has 0 aliphatic carbocycles. The highest BCUT2D eigenvalue weighted by atomic mass is 32.1. The number of hydrogen-bond acceptors (Lipinski definition) is 8. The second kappa shape index (κ2) is 4.80. The minimum absolute atomic E-state index is 0.270. The Labute approximate surface area is 126 Å². The fourth-order valence-corrected chi connectivity index (χ4v) is 2.90. The Morgan fingerprint density at radius 3 is 2.71 bits per heavy atom. The van der Waals surface area contributed by atoms with Crippen molar-refractivity contribution in [2.75, 3.05) is 5.73 Å². The Morgan fingerprint density at radius 2 is 2.10 bits per heavy atom. The minimum atomic E-state index is -1.19. The number of hydrogen-bond donors (Lipinski definition) is 4. The maximum Gasteiger partial charge on any atom is 0.167 e. The summed E-state index contributed by atoms with van der Waals surface area (Å²) in [5.41, 5.74) is 5.51. The number of aliphatic hydroxyl groups is 2. The summed E-state index contributed by atoms with van der Waals surface area (Å²) in [5, 5.41) is 19.8. The van der Waals surface area contributed by atoms with E-state index in [4.69, 9.17) is 10.5 Å². The number of fused-ring (bicyclic) bond motifs is 1. The lowest BCUT2D eigenvalue weighted by molar-refractivity contribution is -0.122. The molecule has 0 amide bonds. The molecule has 2 aromatic heterocycles.